The van der Waals surface area contributed by atoms with Gasteiger partial charge in [-0.15, -0.1) is 4.99 Å². The van der Waals surface area contributed by atoms with Gasteiger partial charge in [0.1, 0.15) is 11.6 Å². The van der Waals surface area contributed by atoms with E-state index in [0.29, 0.717) is 6.42 Å². The number of carbonyl (C=O) groups excluding carboxylic acids is 1. The number of hydrogen-bond donors (Lipinski definition) is 3. The van der Waals surface area contributed by atoms with E-state index >= 15 is 0 Å². The first kappa shape index (κ1) is 34.4. The summed E-state index contributed by atoms with van der Waals surface area (Å²) >= 11 is 0. The number of alkyl halides is 3. The number of carbonyl (C=O) groups is 2. The largest absolute Gasteiger partial charge is 0.463 e. The number of rotatable bonds is 8. The molecule has 248 valence electrons. The third kappa shape index (κ3) is 9.05. The molecule has 0 radical (unpaired) electrons. The third-order valence-corrected chi connectivity index (χ3v) is 7.35. The summed E-state index contributed by atoms with van der Waals surface area (Å²) in [6, 6.07) is 10.6. The van der Waals surface area contributed by atoms with Crippen LogP contribution in [0.3, 0.4) is 0 Å². The maximum absolute atomic E-state index is 14.2. The first-order valence-electron chi connectivity index (χ1n) is 15.0. The van der Waals surface area contributed by atoms with Gasteiger partial charge in [-0.3, -0.25) is 5.32 Å². The molecule has 1 aromatic heterocycles. The smallest absolute Gasteiger partial charge is 0.434 e. The second-order valence-electron chi connectivity index (χ2n) is 12.1. The van der Waals surface area contributed by atoms with E-state index < -0.39 is 47.6 Å². The summed E-state index contributed by atoms with van der Waals surface area (Å²) in [4.78, 5) is 32.8. The number of nitrogens with one attached hydrogen (secondary N) is 1. The van der Waals surface area contributed by atoms with E-state index in [0.717, 1.165) is 30.9 Å². The molecule has 0 spiro atoms. The lowest BCUT2D eigenvalue weighted by Gasteiger charge is -2.27. The molecular formula is C32H38F3N5O6. The molecule has 46 heavy (non-hydrogen) atoms. The lowest BCUT2D eigenvalue weighted by Crippen LogP contribution is -2.47. The van der Waals surface area contributed by atoms with Gasteiger partial charge in [0.25, 0.3) is 5.89 Å². The molecule has 1 aliphatic heterocycles. The molecule has 0 bridgehead atoms. The van der Waals surface area contributed by atoms with E-state index in [1.54, 1.807) is 20.8 Å². The summed E-state index contributed by atoms with van der Waals surface area (Å²) in [5.74, 6) is -0.808. The monoisotopic (exact) mass is 645 g/mol. The van der Waals surface area contributed by atoms with Gasteiger partial charge in [0.15, 0.2) is 0 Å². The number of aliphatic hydroxyl groups excluding tert-OH is 1. The van der Waals surface area contributed by atoms with E-state index in [9.17, 15) is 33.0 Å². The van der Waals surface area contributed by atoms with Crippen molar-refractivity contribution in [2.75, 3.05) is 6.54 Å². The molecule has 3 N–H and O–H groups in total. The Morgan fingerprint density at radius 2 is 1.76 bits per heavy atom. The van der Waals surface area contributed by atoms with Crippen LogP contribution in [0.25, 0.3) is 11.4 Å². The van der Waals surface area contributed by atoms with Gasteiger partial charge in [-0.1, -0.05) is 54.9 Å². The number of aryl methyl sites for hydroxylation is 3. The summed E-state index contributed by atoms with van der Waals surface area (Å²) in [6.45, 7) is 7.01. The van der Waals surface area contributed by atoms with Gasteiger partial charge in [-0.05, 0) is 75.6 Å². The molecule has 0 saturated carbocycles. The van der Waals surface area contributed by atoms with Crippen molar-refractivity contribution in [3.8, 4) is 11.4 Å². The van der Waals surface area contributed by atoms with Gasteiger partial charge in [0, 0.05) is 12.1 Å². The van der Waals surface area contributed by atoms with Crippen LogP contribution >= 0.6 is 0 Å². The van der Waals surface area contributed by atoms with Crippen molar-refractivity contribution in [3.63, 3.8) is 0 Å². The molecule has 3 aromatic rings. The number of guanidine groups is 1. The second-order valence-corrected chi connectivity index (χ2v) is 12.1. The number of hydrogen-bond acceptors (Lipinski definition) is 7. The van der Waals surface area contributed by atoms with Gasteiger partial charge < -0.3 is 24.4 Å². The van der Waals surface area contributed by atoms with Crippen molar-refractivity contribution in [1.29, 1.82) is 0 Å². The van der Waals surface area contributed by atoms with Gasteiger partial charge in [-0.25, -0.2) is 9.59 Å². The molecule has 2 atom stereocenters. The third-order valence-electron chi connectivity index (χ3n) is 7.35. The quantitative estimate of drug-likeness (QED) is 0.183. The zero-order valence-electron chi connectivity index (χ0n) is 26.1. The Labute approximate surface area is 264 Å². The number of carboxylic acid groups (broad SMARTS) is 1. The Bertz CT molecular complexity index is 1550. The summed E-state index contributed by atoms with van der Waals surface area (Å²) in [7, 11) is 0. The minimum absolute atomic E-state index is 0.0386. The number of alkyl carbamates (subject to hydrolysis) is 1. The van der Waals surface area contributed by atoms with Crippen molar-refractivity contribution < 1.29 is 42.2 Å². The highest BCUT2D eigenvalue weighted by Crippen LogP contribution is 2.37. The number of aliphatic imine (C=N–C) groups is 1. The molecule has 1 saturated heterocycles. The van der Waals surface area contributed by atoms with Crippen molar-refractivity contribution >= 4 is 18.1 Å². The predicted molar refractivity (Wildman–Crippen MR) is 162 cm³/mol. The Morgan fingerprint density at radius 1 is 1.09 bits per heavy atom. The number of unbranched alkanes of at least 4 members (excludes halogenated alkanes) is 1. The molecule has 14 heteroatoms. The SMILES string of the molecule is CCCCc1ccc(CCc2ccc(-c3noc([C@@H]4[C@@H](O)CCN4/C(=N/C(=O)O)NC(=O)OC(C)(C)C)n3)cc2C(F)(F)F)cc1. The van der Waals surface area contributed by atoms with Crippen molar-refractivity contribution in [1.82, 2.24) is 20.4 Å². The van der Waals surface area contributed by atoms with E-state index in [-0.39, 0.29) is 42.2 Å². The normalized spacial score (nSPS) is 17.3. The Kier molecular flexibility index (Phi) is 10.7. The van der Waals surface area contributed by atoms with Crippen LogP contribution in [-0.4, -0.2) is 61.6 Å². The number of halogens is 3. The highest BCUT2D eigenvalue weighted by molar-refractivity contribution is 5.98. The topological polar surface area (TPSA) is 150 Å². The Hall–Kier alpha value is -4.46. The average Bonchev–Trinajstić information content (AvgIpc) is 3.60. The summed E-state index contributed by atoms with van der Waals surface area (Å²) in [6.07, 6.45) is -4.57. The zero-order valence-corrected chi connectivity index (χ0v) is 26.1. The van der Waals surface area contributed by atoms with Gasteiger partial charge in [0.2, 0.25) is 11.8 Å². The van der Waals surface area contributed by atoms with Crippen molar-refractivity contribution in [2.24, 2.45) is 4.99 Å². The first-order valence-corrected chi connectivity index (χ1v) is 15.0. The highest BCUT2D eigenvalue weighted by Gasteiger charge is 2.41. The van der Waals surface area contributed by atoms with E-state index in [2.05, 4.69) is 27.4 Å². The zero-order chi connectivity index (χ0) is 33.6. The first-order chi connectivity index (χ1) is 21.6. The molecule has 2 amide bonds. The number of amides is 2. The van der Waals surface area contributed by atoms with E-state index in [4.69, 9.17) is 9.26 Å². The lowest BCUT2D eigenvalue weighted by molar-refractivity contribution is -0.138. The number of ether oxygens (including phenoxy) is 1. The number of benzene rings is 2. The van der Waals surface area contributed by atoms with E-state index in [1.807, 2.05) is 24.3 Å². The van der Waals surface area contributed by atoms with Crippen LogP contribution in [0.4, 0.5) is 22.8 Å². The summed E-state index contributed by atoms with van der Waals surface area (Å²) in [5.41, 5.74) is 0.576. The molecule has 1 fully saturated rings. The molecule has 4 rings (SSSR count). The standard InChI is InChI=1S/C32H38F3N5O6/c1-5-6-7-19-8-10-20(11-9-19)12-13-21-14-15-22(18-23(21)32(33,34)35)26-36-27(46-39-26)25-24(41)16-17-40(25)28(37-29(42)43)38-30(44)45-31(2,3)4/h8-11,14-15,18,24-25,41H,5-7,12-13,16-17H2,1-4H3,(H,42,43)(H,37,38,44)/t24-,25-/m0/s1. The molecule has 1 aliphatic rings. The maximum Gasteiger partial charge on any atom is 0.434 e. The Balaban J connectivity index is 1.56. The van der Waals surface area contributed by atoms with Crippen molar-refractivity contribution in [3.05, 3.63) is 70.6 Å². The minimum atomic E-state index is -4.64. The van der Waals surface area contributed by atoms with Crippen molar-refractivity contribution in [2.45, 2.75) is 90.1 Å². The Morgan fingerprint density at radius 3 is 2.37 bits per heavy atom. The fourth-order valence-corrected chi connectivity index (χ4v) is 5.16. The second kappa shape index (κ2) is 14.3. The van der Waals surface area contributed by atoms with Crippen LogP contribution in [0.5, 0.6) is 0 Å². The summed E-state index contributed by atoms with van der Waals surface area (Å²) < 4.78 is 53.1. The maximum atomic E-state index is 14.2. The molecule has 2 aromatic carbocycles. The fourth-order valence-electron chi connectivity index (χ4n) is 5.16. The molecular weight excluding hydrogens is 607 g/mol. The van der Waals surface area contributed by atoms with Crippen LogP contribution in [0, 0.1) is 0 Å². The van der Waals surface area contributed by atoms with Gasteiger partial charge >= 0.3 is 18.4 Å². The minimum Gasteiger partial charge on any atom is -0.463 e. The van der Waals surface area contributed by atoms with Gasteiger partial charge in [-0.2, -0.15) is 18.2 Å². The molecule has 11 nitrogen and oxygen atoms in total. The van der Waals surface area contributed by atoms with Crippen LogP contribution in [0.2, 0.25) is 0 Å². The number of likely N-dealkylation sites (tertiary alicyclic amines) is 1. The fraction of sp³-hybridized carbons (Fsp3) is 0.469. The predicted octanol–water partition coefficient (Wildman–Crippen LogP) is 6.55. The van der Waals surface area contributed by atoms with Crippen LogP contribution in [0.15, 0.2) is 52.0 Å². The molecule has 0 unspecified atom stereocenters. The molecule has 0 aliphatic carbocycles. The molecule has 2 heterocycles. The van der Waals surface area contributed by atoms with Crippen LogP contribution in [-0.2, 0) is 30.2 Å². The van der Waals surface area contributed by atoms with Crippen LogP contribution < -0.4 is 5.32 Å². The number of nitrogens with zero attached hydrogens (tertiary/aromatic N) is 4. The lowest BCUT2D eigenvalue weighted by atomic mass is 9.96. The number of aromatic nitrogens is 2. The summed E-state index contributed by atoms with van der Waals surface area (Å²) in [5, 5.41) is 26.2. The van der Waals surface area contributed by atoms with Crippen LogP contribution in [0.1, 0.15) is 81.1 Å². The highest BCUT2D eigenvalue weighted by atomic mass is 19.4. The van der Waals surface area contributed by atoms with Gasteiger partial charge in [0.05, 0.1) is 11.7 Å². The number of aliphatic hydroxyl groups is 1. The van der Waals surface area contributed by atoms with E-state index in [1.165, 1.54) is 22.6 Å². The average molecular weight is 646 g/mol.